The van der Waals surface area contributed by atoms with E-state index in [1.807, 2.05) is 12.1 Å². The van der Waals surface area contributed by atoms with Gasteiger partial charge in [0.1, 0.15) is 5.52 Å². The number of aliphatic hydroxyl groups excluding tert-OH is 1. The number of aromatic nitrogens is 1. The molecule has 1 unspecified atom stereocenters. The number of oxazole rings is 1. The standard InChI is InChI=1S/C14H21N3O2/c1-14(2,8-16-6-11(15)7-18)10-3-4-12-13(5-10)19-9-17-12/h3-5,9,11,16,18H,6-8,15H2,1-2H3. The second kappa shape index (κ2) is 5.69. The predicted octanol–water partition coefficient (Wildman–Crippen LogP) is 1.01. The third kappa shape index (κ3) is 3.32. The van der Waals surface area contributed by atoms with Crippen molar-refractivity contribution >= 4 is 11.1 Å². The van der Waals surface area contributed by atoms with Gasteiger partial charge in [-0.3, -0.25) is 0 Å². The summed E-state index contributed by atoms with van der Waals surface area (Å²) in [5, 5.41) is 12.2. The minimum Gasteiger partial charge on any atom is -0.443 e. The van der Waals surface area contributed by atoms with Crippen LogP contribution in [0, 0.1) is 0 Å². The van der Waals surface area contributed by atoms with E-state index in [1.54, 1.807) is 0 Å². The molecule has 1 heterocycles. The van der Waals surface area contributed by atoms with Crippen molar-refractivity contribution in [2.45, 2.75) is 25.3 Å². The average Bonchev–Trinajstić information content (AvgIpc) is 2.85. The molecule has 0 amide bonds. The third-order valence-electron chi connectivity index (χ3n) is 3.32. The number of rotatable bonds is 6. The number of nitrogens with one attached hydrogen (secondary N) is 1. The highest BCUT2D eigenvalue weighted by atomic mass is 16.3. The quantitative estimate of drug-likeness (QED) is 0.724. The smallest absolute Gasteiger partial charge is 0.181 e. The van der Waals surface area contributed by atoms with Crippen molar-refractivity contribution in [3.8, 4) is 0 Å². The zero-order valence-corrected chi connectivity index (χ0v) is 11.4. The molecule has 104 valence electrons. The van der Waals surface area contributed by atoms with Crippen molar-refractivity contribution in [1.82, 2.24) is 10.3 Å². The van der Waals surface area contributed by atoms with Crippen molar-refractivity contribution in [3.05, 3.63) is 30.2 Å². The van der Waals surface area contributed by atoms with Crippen molar-refractivity contribution in [2.24, 2.45) is 5.73 Å². The van der Waals surface area contributed by atoms with E-state index in [9.17, 15) is 0 Å². The summed E-state index contributed by atoms with van der Waals surface area (Å²) in [6.07, 6.45) is 1.46. The van der Waals surface area contributed by atoms with Crippen LogP contribution in [0.1, 0.15) is 19.4 Å². The fraction of sp³-hybridized carbons (Fsp3) is 0.500. The normalized spacial score (nSPS) is 13.9. The lowest BCUT2D eigenvalue weighted by Crippen LogP contribution is -2.41. The summed E-state index contributed by atoms with van der Waals surface area (Å²) in [5.41, 5.74) is 8.48. The fourth-order valence-corrected chi connectivity index (χ4v) is 2.01. The number of hydrogen-bond acceptors (Lipinski definition) is 5. The Morgan fingerprint density at radius 1 is 1.47 bits per heavy atom. The summed E-state index contributed by atoms with van der Waals surface area (Å²) in [6, 6.07) is 5.84. The van der Waals surface area contributed by atoms with Crippen LogP contribution in [-0.2, 0) is 5.41 Å². The molecule has 4 N–H and O–H groups in total. The Labute approximate surface area is 112 Å². The summed E-state index contributed by atoms with van der Waals surface area (Å²) in [6.45, 7) is 5.69. The average molecular weight is 263 g/mol. The summed E-state index contributed by atoms with van der Waals surface area (Å²) in [4.78, 5) is 4.11. The molecule has 0 saturated carbocycles. The maximum Gasteiger partial charge on any atom is 0.181 e. The summed E-state index contributed by atoms with van der Waals surface area (Å²) >= 11 is 0. The van der Waals surface area contributed by atoms with Crippen molar-refractivity contribution in [2.75, 3.05) is 19.7 Å². The molecule has 0 spiro atoms. The van der Waals surface area contributed by atoms with Crippen LogP contribution >= 0.6 is 0 Å². The van der Waals surface area contributed by atoms with Gasteiger partial charge in [0.15, 0.2) is 12.0 Å². The molecule has 2 rings (SSSR count). The van der Waals surface area contributed by atoms with Gasteiger partial charge >= 0.3 is 0 Å². The first-order valence-corrected chi connectivity index (χ1v) is 6.44. The van der Waals surface area contributed by atoms with Gasteiger partial charge in [0.25, 0.3) is 0 Å². The van der Waals surface area contributed by atoms with Crippen LogP contribution in [-0.4, -0.2) is 35.8 Å². The van der Waals surface area contributed by atoms with E-state index in [4.69, 9.17) is 15.3 Å². The van der Waals surface area contributed by atoms with Crippen LogP contribution in [0.25, 0.3) is 11.1 Å². The summed E-state index contributed by atoms with van der Waals surface area (Å²) in [7, 11) is 0. The van der Waals surface area contributed by atoms with Gasteiger partial charge in [-0.1, -0.05) is 19.9 Å². The second-order valence-electron chi connectivity index (χ2n) is 5.49. The van der Waals surface area contributed by atoms with Crippen molar-refractivity contribution in [1.29, 1.82) is 0 Å². The monoisotopic (exact) mass is 263 g/mol. The number of benzene rings is 1. The van der Waals surface area contributed by atoms with Crippen molar-refractivity contribution < 1.29 is 9.52 Å². The number of aliphatic hydroxyl groups is 1. The number of fused-ring (bicyclic) bond motifs is 1. The van der Waals surface area contributed by atoms with E-state index in [0.717, 1.165) is 17.6 Å². The van der Waals surface area contributed by atoms with E-state index in [0.29, 0.717) is 6.54 Å². The maximum absolute atomic E-state index is 8.89. The molecule has 5 nitrogen and oxygen atoms in total. The SMILES string of the molecule is CC(C)(CNCC(N)CO)c1ccc2ncoc2c1. The molecule has 1 aromatic heterocycles. The minimum atomic E-state index is -0.215. The third-order valence-corrected chi connectivity index (χ3v) is 3.32. The maximum atomic E-state index is 8.89. The first kappa shape index (κ1) is 14.0. The molecule has 0 aliphatic rings. The molecule has 0 aliphatic carbocycles. The van der Waals surface area contributed by atoms with E-state index >= 15 is 0 Å². The fourth-order valence-electron chi connectivity index (χ4n) is 2.01. The molecule has 0 fully saturated rings. The largest absolute Gasteiger partial charge is 0.443 e. The van der Waals surface area contributed by atoms with Crippen LogP contribution in [0.3, 0.4) is 0 Å². The molecule has 0 aliphatic heterocycles. The zero-order chi connectivity index (χ0) is 13.9. The van der Waals surface area contributed by atoms with Gasteiger partial charge in [0.2, 0.25) is 0 Å². The molecule has 0 bridgehead atoms. The van der Waals surface area contributed by atoms with Crippen LogP contribution in [0.15, 0.2) is 29.0 Å². The van der Waals surface area contributed by atoms with E-state index < -0.39 is 0 Å². The number of nitrogens with zero attached hydrogens (tertiary/aromatic N) is 1. The van der Waals surface area contributed by atoms with Crippen LogP contribution < -0.4 is 11.1 Å². The Morgan fingerprint density at radius 3 is 3.00 bits per heavy atom. The van der Waals surface area contributed by atoms with Gasteiger partial charge in [-0.15, -0.1) is 0 Å². The summed E-state index contributed by atoms with van der Waals surface area (Å²) < 4.78 is 5.33. The Morgan fingerprint density at radius 2 is 2.26 bits per heavy atom. The van der Waals surface area contributed by atoms with Gasteiger partial charge in [-0.05, 0) is 17.7 Å². The molecule has 0 saturated heterocycles. The lowest BCUT2D eigenvalue weighted by Gasteiger charge is -2.26. The number of nitrogens with two attached hydrogens (primary N) is 1. The van der Waals surface area contributed by atoms with E-state index in [-0.39, 0.29) is 18.1 Å². The minimum absolute atomic E-state index is 0.00253. The predicted molar refractivity (Wildman–Crippen MR) is 75.0 cm³/mol. The van der Waals surface area contributed by atoms with Gasteiger partial charge in [-0.2, -0.15) is 0 Å². The Hall–Kier alpha value is -1.43. The zero-order valence-electron chi connectivity index (χ0n) is 11.4. The molecule has 0 radical (unpaired) electrons. The molecular weight excluding hydrogens is 242 g/mol. The first-order chi connectivity index (χ1) is 9.03. The highest BCUT2D eigenvalue weighted by Crippen LogP contribution is 2.25. The van der Waals surface area contributed by atoms with Gasteiger partial charge in [-0.25, -0.2) is 4.98 Å². The Kier molecular flexibility index (Phi) is 4.19. The van der Waals surface area contributed by atoms with Crippen LogP contribution in [0.4, 0.5) is 0 Å². The van der Waals surface area contributed by atoms with Gasteiger partial charge < -0.3 is 20.6 Å². The second-order valence-corrected chi connectivity index (χ2v) is 5.49. The Balaban J connectivity index is 2.05. The first-order valence-electron chi connectivity index (χ1n) is 6.44. The van der Waals surface area contributed by atoms with Gasteiger partial charge in [0.05, 0.1) is 6.61 Å². The van der Waals surface area contributed by atoms with E-state index in [2.05, 4.69) is 30.2 Å². The number of hydrogen-bond donors (Lipinski definition) is 3. The molecular formula is C14H21N3O2. The lowest BCUT2D eigenvalue weighted by atomic mass is 9.84. The Bertz CT molecular complexity index is 536. The molecule has 1 atom stereocenters. The van der Waals surface area contributed by atoms with Crippen molar-refractivity contribution in [3.63, 3.8) is 0 Å². The molecule has 5 heteroatoms. The van der Waals surface area contributed by atoms with Crippen LogP contribution in [0.5, 0.6) is 0 Å². The highest BCUT2D eigenvalue weighted by molar-refractivity contribution is 5.73. The molecule has 19 heavy (non-hydrogen) atoms. The highest BCUT2D eigenvalue weighted by Gasteiger charge is 2.21. The molecule has 1 aromatic carbocycles. The van der Waals surface area contributed by atoms with E-state index in [1.165, 1.54) is 12.0 Å². The summed E-state index contributed by atoms with van der Waals surface area (Å²) in [5.74, 6) is 0. The molecule has 2 aromatic rings. The van der Waals surface area contributed by atoms with Crippen LogP contribution in [0.2, 0.25) is 0 Å². The van der Waals surface area contributed by atoms with Gasteiger partial charge in [0, 0.05) is 24.5 Å². The topological polar surface area (TPSA) is 84.3 Å². The lowest BCUT2D eigenvalue weighted by molar-refractivity contribution is 0.260.